The van der Waals surface area contributed by atoms with Crippen LogP contribution in [-0.4, -0.2) is 10.3 Å². The molecular formula is C7H5NOS. The van der Waals surface area contributed by atoms with Crippen molar-refractivity contribution in [2.75, 3.05) is 0 Å². The van der Waals surface area contributed by atoms with Crippen LogP contribution in [-0.2, 0) is 0 Å². The summed E-state index contributed by atoms with van der Waals surface area (Å²) in [4.78, 5) is 3.70. The van der Waals surface area contributed by atoms with Crippen molar-refractivity contribution < 1.29 is 5.11 Å². The average Bonchev–Trinajstić information content (AvgIpc) is 1.95. The molecule has 0 saturated carbocycles. The van der Waals surface area contributed by atoms with Crippen molar-refractivity contribution in [3.63, 3.8) is 0 Å². The first-order chi connectivity index (χ1) is 4.83. The SMILES string of the molecule is Oc1ccc(N=C=S)cc1. The fraction of sp³-hybridized carbons (Fsp3) is 0. The first-order valence-electron chi connectivity index (χ1n) is 2.70. The van der Waals surface area contributed by atoms with Gasteiger partial charge in [-0.05, 0) is 36.5 Å². The Morgan fingerprint density at radius 1 is 1.30 bits per heavy atom. The van der Waals surface area contributed by atoms with E-state index in [9.17, 15) is 0 Å². The van der Waals surface area contributed by atoms with Crippen LogP contribution < -0.4 is 0 Å². The van der Waals surface area contributed by atoms with E-state index in [4.69, 9.17) is 5.11 Å². The highest BCUT2D eigenvalue weighted by Gasteiger charge is 1.86. The number of aliphatic imine (C=N–C) groups is 1. The Balaban J connectivity index is 3.00. The van der Waals surface area contributed by atoms with Gasteiger partial charge in [-0.25, -0.2) is 0 Å². The van der Waals surface area contributed by atoms with Gasteiger partial charge in [0.2, 0.25) is 0 Å². The van der Waals surface area contributed by atoms with Crippen LogP contribution >= 0.6 is 12.2 Å². The summed E-state index contributed by atoms with van der Waals surface area (Å²) in [5.74, 6) is 0.225. The molecule has 1 rings (SSSR count). The molecule has 0 bridgehead atoms. The van der Waals surface area contributed by atoms with Gasteiger partial charge < -0.3 is 5.11 Å². The van der Waals surface area contributed by atoms with E-state index in [2.05, 4.69) is 22.4 Å². The van der Waals surface area contributed by atoms with Crippen LogP contribution in [0.2, 0.25) is 0 Å². The monoisotopic (exact) mass is 151 g/mol. The van der Waals surface area contributed by atoms with Gasteiger partial charge in [0.15, 0.2) is 0 Å². The Morgan fingerprint density at radius 3 is 2.40 bits per heavy atom. The van der Waals surface area contributed by atoms with Crippen LogP contribution in [0.5, 0.6) is 5.75 Å². The van der Waals surface area contributed by atoms with Gasteiger partial charge >= 0.3 is 0 Å². The van der Waals surface area contributed by atoms with E-state index in [1.165, 1.54) is 0 Å². The van der Waals surface area contributed by atoms with Gasteiger partial charge in [-0.3, -0.25) is 0 Å². The predicted molar refractivity (Wildman–Crippen MR) is 42.8 cm³/mol. The minimum absolute atomic E-state index is 0.225. The highest BCUT2D eigenvalue weighted by molar-refractivity contribution is 7.78. The van der Waals surface area contributed by atoms with Crippen molar-refractivity contribution in [3.8, 4) is 5.75 Å². The standard InChI is InChI=1S/C7H5NOS/c9-7-3-1-6(2-4-7)8-5-10/h1-4,9H. The number of nitrogens with zero attached hydrogens (tertiary/aromatic N) is 1. The third-order valence-corrected chi connectivity index (χ3v) is 1.12. The van der Waals surface area contributed by atoms with Crippen molar-refractivity contribution in [2.24, 2.45) is 4.99 Å². The summed E-state index contributed by atoms with van der Waals surface area (Å²) in [6.07, 6.45) is 0. The molecule has 0 aromatic heterocycles. The van der Waals surface area contributed by atoms with Gasteiger partial charge in [0.1, 0.15) is 5.75 Å². The lowest BCUT2D eigenvalue weighted by molar-refractivity contribution is 0.475. The van der Waals surface area contributed by atoms with E-state index in [0.29, 0.717) is 5.69 Å². The van der Waals surface area contributed by atoms with Crippen LogP contribution in [0.25, 0.3) is 0 Å². The van der Waals surface area contributed by atoms with Crippen molar-refractivity contribution in [3.05, 3.63) is 24.3 Å². The maximum atomic E-state index is 8.84. The van der Waals surface area contributed by atoms with Crippen molar-refractivity contribution in [2.45, 2.75) is 0 Å². The zero-order chi connectivity index (χ0) is 7.40. The predicted octanol–water partition coefficient (Wildman–Crippen LogP) is 2.13. The lowest BCUT2D eigenvalue weighted by Gasteiger charge is -1.89. The first-order valence-corrected chi connectivity index (χ1v) is 3.10. The van der Waals surface area contributed by atoms with E-state index in [1.807, 2.05) is 0 Å². The molecule has 2 nitrogen and oxygen atoms in total. The quantitative estimate of drug-likeness (QED) is 0.492. The van der Waals surface area contributed by atoms with E-state index in [1.54, 1.807) is 24.3 Å². The van der Waals surface area contributed by atoms with Crippen LogP contribution in [0.3, 0.4) is 0 Å². The third-order valence-electron chi connectivity index (χ3n) is 1.02. The Hall–Kier alpha value is -1.18. The molecule has 10 heavy (non-hydrogen) atoms. The maximum absolute atomic E-state index is 8.84. The van der Waals surface area contributed by atoms with E-state index >= 15 is 0 Å². The molecule has 0 radical (unpaired) electrons. The molecule has 0 saturated heterocycles. The zero-order valence-corrected chi connectivity index (χ0v) is 5.93. The van der Waals surface area contributed by atoms with Crippen LogP contribution in [0.1, 0.15) is 0 Å². The minimum Gasteiger partial charge on any atom is -0.508 e. The second-order valence-electron chi connectivity index (χ2n) is 1.72. The molecule has 1 aromatic rings. The summed E-state index contributed by atoms with van der Waals surface area (Å²) >= 11 is 4.39. The first kappa shape index (κ1) is 6.93. The molecule has 1 N–H and O–H groups in total. The van der Waals surface area contributed by atoms with Crippen molar-refractivity contribution >= 4 is 23.1 Å². The molecular weight excluding hydrogens is 146 g/mol. The Kier molecular flexibility index (Phi) is 2.15. The third kappa shape index (κ3) is 1.65. The van der Waals surface area contributed by atoms with Gasteiger partial charge in [0.25, 0.3) is 0 Å². The Labute approximate surface area is 63.8 Å². The number of isothiocyanates is 1. The molecule has 0 unspecified atom stereocenters. The summed E-state index contributed by atoms with van der Waals surface area (Å²) < 4.78 is 0. The van der Waals surface area contributed by atoms with Crippen molar-refractivity contribution in [1.82, 2.24) is 0 Å². The topological polar surface area (TPSA) is 32.6 Å². The fourth-order valence-electron chi connectivity index (χ4n) is 0.580. The van der Waals surface area contributed by atoms with E-state index < -0.39 is 0 Å². The highest BCUT2D eigenvalue weighted by atomic mass is 32.1. The highest BCUT2D eigenvalue weighted by Crippen LogP contribution is 2.15. The smallest absolute Gasteiger partial charge is 0.115 e. The van der Waals surface area contributed by atoms with Gasteiger partial charge in [-0.1, -0.05) is 0 Å². The van der Waals surface area contributed by atoms with Gasteiger partial charge in [-0.2, -0.15) is 4.99 Å². The van der Waals surface area contributed by atoms with Gasteiger partial charge in [0, 0.05) is 0 Å². The number of phenolic OH excluding ortho intramolecular Hbond substituents is 1. The minimum atomic E-state index is 0.225. The molecule has 0 spiro atoms. The number of phenols is 1. The number of hydrogen-bond acceptors (Lipinski definition) is 3. The normalized spacial score (nSPS) is 8.40. The molecule has 3 heteroatoms. The molecule has 0 atom stereocenters. The molecule has 0 amide bonds. The molecule has 1 aromatic carbocycles. The van der Waals surface area contributed by atoms with E-state index in [0.717, 1.165) is 0 Å². The second kappa shape index (κ2) is 3.11. The number of benzene rings is 1. The number of rotatable bonds is 1. The molecule has 50 valence electrons. The number of hydrogen-bond donors (Lipinski definition) is 1. The zero-order valence-electron chi connectivity index (χ0n) is 5.11. The molecule has 0 fully saturated rings. The van der Waals surface area contributed by atoms with Crippen LogP contribution in [0.15, 0.2) is 29.3 Å². The summed E-state index contributed by atoms with van der Waals surface area (Å²) in [6, 6.07) is 6.42. The van der Waals surface area contributed by atoms with Crippen LogP contribution in [0.4, 0.5) is 5.69 Å². The summed E-state index contributed by atoms with van der Waals surface area (Å²) in [5.41, 5.74) is 0.702. The molecule has 0 heterocycles. The Bertz CT molecular complexity index is 261. The average molecular weight is 151 g/mol. The van der Waals surface area contributed by atoms with E-state index in [-0.39, 0.29) is 5.75 Å². The molecule has 0 aliphatic rings. The van der Waals surface area contributed by atoms with Gasteiger partial charge in [-0.15, -0.1) is 0 Å². The Morgan fingerprint density at radius 2 is 1.90 bits per heavy atom. The molecule has 0 aliphatic heterocycles. The summed E-state index contributed by atoms with van der Waals surface area (Å²) in [5, 5.41) is 11.1. The maximum Gasteiger partial charge on any atom is 0.115 e. The number of thiocarbonyl (C=S) groups is 1. The van der Waals surface area contributed by atoms with Crippen molar-refractivity contribution in [1.29, 1.82) is 0 Å². The van der Waals surface area contributed by atoms with Gasteiger partial charge in [0.05, 0.1) is 10.8 Å². The largest absolute Gasteiger partial charge is 0.508 e. The summed E-state index contributed by atoms with van der Waals surface area (Å²) in [7, 11) is 0. The fourth-order valence-corrected chi connectivity index (χ4v) is 0.685. The second-order valence-corrected chi connectivity index (χ2v) is 1.90. The van der Waals surface area contributed by atoms with Crippen LogP contribution in [0, 0.1) is 0 Å². The number of aromatic hydroxyl groups is 1. The lowest BCUT2D eigenvalue weighted by atomic mass is 10.3. The lowest BCUT2D eigenvalue weighted by Crippen LogP contribution is -1.62. The molecule has 0 aliphatic carbocycles. The summed E-state index contributed by atoms with van der Waals surface area (Å²) in [6.45, 7) is 0.